The number of benzene rings is 2. The van der Waals surface area contributed by atoms with Crippen molar-refractivity contribution in [1.82, 2.24) is 0 Å². The van der Waals surface area contributed by atoms with Crippen LogP contribution in [0.15, 0.2) is 42.5 Å². The second-order valence-electron chi connectivity index (χ2n) is 5.70. The Morgan fingerprint density at radius 2 is 1.52 bits per heavy atom. The summed E-state index contributed by atoms with van der Waals surface area (Å²) in [5.41, 5.74) is 1.18. The normalized spacial score (nSPS) is 10.3. The van der Waals surface area contributed by atoms with E-state index in [2.05, 4.69) is 5.32 Å². The number of hydrogen-bond acceptors (Lipinski definition) is 7. The maximum absolute atomic E-state index is 12.0. The Labute approximate surface area is 169 Å². The Morgan fingerprint density at radius 3 is 2.10 bits per heavy atom. The number of rotatable bonds is 9. The average molecular weight is 401 g/mol. The number of anilines is 1. The van der Waals surface area contributed by atoms with Crippen molar-refractivity contribution in [3.63, 3.8) is 0 Å². The van der Waals surface area contributed by atoms with Crippen molar-refractivity contribution in [2.75, 3.05) is 40.4 Å². The summed E-state index contributed by atoms with van der Waals surface area (Å²) in [6, 6.07) is 10.1. The van der Waals surface area contributed by atoms with Gasteiger partial charge in [-0.05, 0) is 35.9 Å². The number of esters is 1. The Kier molecular flexibility index (Phi) is 7.90. The fourth-order valence-electron chi connectivity index (χ4n) is 2.39. The second-order valence-corrected chi connectivity index (χ2v) is 5.70. The summed E-state index contributed by atoms with van der Waals surface area (Å²) >= 11 is 0. The van der Waals surface area contributed by atoms with Crippen molar-refractivity contribution in [2.45, 2.75) is 0 Å². The highest BCUT2D eigenvalue weighted by molar-refractivity contribution is 5.94. The summed E-state index contributed by atoms with van der Waals surface area (Å²) in [4.78, 5) is 23.9. The predicted molar refractivity (Wildman–Crippen MR) is 108 cm³/mol. The molecule has 0 aromatic heterocycles. The number of carbonyl (C=O) groups excluding carboxylic acids is 2. The SMILES string of the molecule is COc1cc(/C=C/C(=O)OCC(=O)Nc2ccc(OC)c(OC)c2)cc(OC)c1. The van der Waals surface area contributed by atoms with Gasteiger partial charge in [-0.1, -0.05) is 0 Å². The summed E-state index contributed by atoms with van der Waals surface area (Å²) < 4.78 is 25.6. The van der Waals surface area contributed by atoms with Crippen LogP contribution in [-0.2, 0) is 14.3 Å². The lowest BCUT2D eigenvalue weighted by Crippen LogP contribution is -2.20. The zero-order valence-electron chi connectivity index (χ0n) is 16.7. The highest BCUT2D eigenvalue weighted by Gasteiger charge is 2.09. The Morgan fingerprint density at radius 1 is 0.862 bits per heavy atom. The molecular formula is C21H23NO7. The molecule has 0 spiro atoms. The van der Waals surface area contributed by atoms with Gasteiger partial charge in [0.05, 0.1) is 28.4 Å². The van der Waals surface area contributed by atoms with Gasteiger partial charge in [0.15, 0.2) is 18.1 Å². The molecule has 0 aliphatic carbocycles. The first-order valence-corrected chi connectivity index (χ1v) is 8.58. The number of nitrogens with one attached hydrogen (secondary N) is 1. The van der Waals surface area contributed by atoms with Gasteiger partial charge in [0, 0.05) is 23.9 Å². The molecule has 154 valence electrons. The predicted octanol–water partition coefficient (Wildman–Crippen LogP) is 2.92. The van der Waals surface area contributed by atoms with E-state index in [0.717, 1.165) is 0 Å². The third kappa shape index (κ3) is 6.46. The number of hydrogen-bond donors (Lipinski definition) is 1. The maximum Gasteiger partial charge on any atom is 0.331 e. The third-order valence-electron chi connectivity index (χ3n) is 3.80. The maximum atomic E-state index is 12.0. The van der Waals surface area contributed by atoms with Crippen molar-refractivity contribution in [1.29, 1.82) is 0 Å². The standard InChI is InChI=1S/C21H23NO7/c1-25-16-9-14(10-17(12-16)26-2)5-8-21(24)29-13-20(23)22-15-6-7-18(27-3)19(11-15)28-4/h5-12H,13H2,1-4H3,(H,22,23)/b8-5+. The number of carbonyl (C=O) groups is 2. The lowest BCUT2D eigenvalue weighted by atomic mass is 10.2. The first-order valence-electron chi connectivity index (χ1n) is 8.58. The van der Waals surface area contributed by atoms with Crippen LogP contribution >= 0.6 is 0 Å². The molecule has 1 N–H and O–H groups in total. The minimum Gasteiger partial charge on any atom is -0.497 e. The molecule has 0 aliphatic rings. The van der Waals surface area contributed by atoms with E-state index >= 15 is 0 Å². The Balaban J connectivity index is 1.90. The van der Waals surface area contributed by atoms with Gasteiger partial charge in [-0.15, -0.1) is 0 Å². The summed E-state index contributed by atoms with van der Waals surface area (Å²) in [5, 5.41) is 2.62. The molecule has 0 radical (unpaired) electrons. The molecular weight excluding hydrogens is 378 g/mol. The topological polar surface area (TPSA) is 92.3 Å². The largest absolute Gasteiger partial charge is 0.497 e. The van der Waals surface area contributed by atoms with Gasteiger partial charge in [0.2, 0.25) is 0 Å². The third-order valence-corrected chi connectivity index (χ3v) is 3.80. The van der Waals surface area contributed by atoms with Crippen molar-refractivity contribution < 1.29 is 33.3 Å². The monoisotopic (exact) mass is 401 g/mol. The summed E-state index contributed by atoms with van der Waals surface area (Å²) in [7, 11) is 6.08. The van der Waals surface area contributed by atoms with Crippen LogP contribution in [0.3, 0.4) is 0 Å². The van der Waals surface area contributed by atoms with E-state index < -0.39 is 18.5 Å². The molecule has 0 heterocycles. The molecule has 2 aromatic rings. The quantitative estimate of drug-likeness (QED) is 0.510. The van der Waals surface area contributed by atoms with Gasteiger partial charge in [0.25, 0.3) is 5.91 Å². The van der Waals surface area contributed by atoms with Crippen LogP contribution in [0, 0.1) is 0 Å². The van der Waals surface area contributed by atoms with E-state index in [4.69, 9.17) is 23.7 Å². The number of amides is 1. The van der Waals surface area contributed by atoms with Gasteiger partial charge < -0.3 is 29.0 Å². The molecule has 0 fully saturated rings. The van der Waals surface area contributed by atoms with Gasteiger partial charge in [0.1, 0.15) is 11.5 Å². The molecule has 0 saturated heterocycles. The Bertz CT molecular complexity index is 870. The molecule has 0 atom stereocenters. The van der Waals surface area contributed by atoms with Gasteiger partial charge in [-0.2, -0.15) is 0 Å². The molecule has 1 amide bonds. The van der Waals surface area contributed by atoms with Gasteiger partial charge in [-0.3, -0.25) is 4.79 Å². The van der Waals surface area contributed by atoms with Crippen molar-refractivity contribution in [3.05, 3.63) is 48.0 Å². The first kappa shape index (κ1) is 21.6. The fraction of sp³-hybridized carbons (Fsp3) is 0.238. The molecule has 0 aliphatic heterocycles. The highest BCUT2D eigenvalue weighted by atomic mass is 16.5. The molecule has 29 heavy (non-hydrogen) atoms. The summed E-state index contributed by atoms with van der Waals surface area (Å²) in [6.07, 6.45) is 2.76. The lowest BCUT2D eigenvalue weighted by Gasteiger charge is -2.10. The lowest BCUT2D eigenvalue weighted by molar-refractivity contribution is -0.142. The van der Waals surface area contributed by atoms with Crippen LogP contribution in [0.4, 0.5) is 5.69 Å². The van der Waals surface area contributed by atoms with E-state index in [1.54, 1.807) is 42.5 Å². The van der Waals surface area contributed by atoms with Crippen molar-refractivity contribution in [3.8, 4) is 23.0 Å². The van der Waals surface area contributed by atoms with Gasteiger partial charge in [-0.25, -0.2) is 4.79 Å². The highest BCUT2D eigenvalue weighted by Crippen LogP contribution is 2.29. The average Bonchev–Trinajstić information content (AvgIpc) is 2.75. The minimum atomic E-state index is -0.658. The van der Waals surface area contributed by atoms with E-state index in [-0.39, 0.29) is 0 Å². The van der Waals surface area contributed by atoms with E-state index in [9.17, 15) is 9.59 Å². The van der Waals surface area contributed by atoms with Crippen LogP contribution in [0.5, 0.6) is 23.0 Å². The molecule has 0 bridgehead atoms. The Hall–Kier alpha value is -3.68. The minimum absolute atomic E-state index is 0.432. The van der Waals surface area contributed by atoms with E-state index in [1.165, 1.54) is 34.5 Å². The first-order chi connectivity index (χ1) is 14.0. The molecule has 2 rings (SSSR count). The van der Waals surface area contributed by atoms with Crippen LogP contribution in [0.2, 0.25) is 0 Å². The van der Waals surface area contributed by atoms with Crippen LogP contribution in [-0.4, -0.2) is 46.9 Å². The number of ether oxygens (including phenoxy) is 5. The van der Waals surface area contributed by atoms with Crippen LogP contribution in [0.25, 0.3) is 6.08 Å². The summed E-state index contributed by atoms with van der Waals surface area (Å²) in [6.45, 7) is -0.432. The van der Waals surface area contributed by atoms with Crippen LogP contribution in [0.1, 0.15) is 5.56 Å². The van der Waals surface area contributed by atoms with E-state index in [1.807, 2.05) is 0 Å². The molecule has 2 aromatic carbocycles. The zero-order valence-corrected chi connectivity index (χ0v) is 16.7. The van der Waals surface area contributed by atoms with E-state index in [0.29, 0.717) is 34.2 Å². The van der Waals surface area contributed by atoms with Gasteiger partial charge >= 0.3 is 5.97 Å². The second kappa shape index (κ2) is 10.6. The molecule has 0 unspecified atom stereocenters. The number of methoxy groups -OCH3 is 4. The molecule has 0 saturated carbocycles. The summed E-state index contributed by atoms with van der Waals surface area (Å²) in [5.74, 6) is 1.05. The van der Waals surface area contributed by atoms with Crippen molar-refractivity contribution in [2.24, 2.45) is 0 Å². The smallest absolute Gasteiger partial charge is 0.331 e. The zero-order chi connectivity index (χ0) is 21.2. The van der Waals surface area contributed by atoms with Crippen LogP contribution < -0.4 is 24.3 Å². The molecule has 8 heteroatoms. The fourth-order valence-corrected chi connectivity index (χ4v) is 2.39. The van der Waals surface area contributed by atoms with Crippen molar-refractivity contribution >= 4 is 23.6 Å². The molecule has 8 nitrogen and oxygen atoms in total.